The SMILES string of the molecule is CCCCc1cc(C(C)CC)c(O)c(-n2nc3ccccc3n2)c1. The summed E-state index contributed by atoms with van der Waals surface area (Å²) in [5, 5.41) is 19.9. The number of fused-ring (bicyclic) bond motifs is 1. The van der Waals surface area contributed by atoms with Crippen LogP contribution in [0.2, 0.25) is 0 Å². The molecule has 1 unspecified atom stereocenters. The van der Waals surface area contributed by atoms with E-state index in [4.69, 9.17) is 0 Å². The maximum absolute atomic E-state index is 10.8. The average molecular weight is 323 g/mol. The normalized spacial score (nSPS) is 12.6. The summed E-state index contributed by atoms with van der Waals surface area (Å²) >= 11 is 0. The van der Waals surface area contributed by atoms with E-state index in [9.17, 15) is 5.11 Å². The van der Waals surface area contributed by atoms with Crippen molar-refractivity contribution in [2.24, 2.45) is 0 Å². The molecular weight excluding hydrogens is 298 g/mol. The first-order chi connectivity index (χ1) is 11.6. The van der Waals surface area contributed by atoms with Crippen LogP contribution < -0.4 is 0 Å². The Hall–Kier alpha value is -2.36. The molecule has 0 bridgehead atoms. The van der Waals surface area contributed by atoms with Gasteiger partial charge in [0, 0.05) is 0 Å². The maximum atomic E-state index is 10.8. The van der Waals surface area contributed by atoms with Crippen molar-refractivity contribution in [2.75, 3.05) is 0 Å². The number of unbranched alkanes of at least 4 members (excludes halogenated alkanes) is 1. The van der Waals surface area contributed by atoms with Crippen LogP contribution >= 0.6 is 0 Å². The second kappa shape index (κ2) is 7.04. The Kier molecular flexibility index (Phi) is 4.84. The Labute approximate surface area is 143 Å². The van der Waals surface area contributed by atoms with Gasteiger partial charge in [-0.15, -0.1) is 15.0 Å². The molecule has 2 aromatic carbocycles. The molecule has 0 spiro atoms. The fourth-order valence-corrected chi connectivity index (χ4v) is 2.94. The van der Waals surface area contributed by atoms with Crippen molar-refractivity contribution in [1.29, 1.82) is 0 Å². The van der Waals surface area contributed by atoms with Gasteiger partial charge in [0.1, 0.15) is 22.5 Å². The summed E-state index contributed by atoms with van der Waals surface area (Å²) in [5.74, 6) is 0.597. The lowest BCUT2D eigenvalue weighted by Gasteiger charge is -2.16. The molecule has 126 valence electrons. The van der Waals surface area contributed by atoms with E-state index in [2.05, 4.69) is 37.0 Å². The second-order valence-electron chi connectivity index (χ2n) is 6.44. The quantitative estimate of drug-likeness (QED) is 0.696. The summed E-state index contributed by atoms with van der Waals surface area (Å²) in [4.78, 5) is 1.57. The first kappa shape index (κ1) is 16.5. The Balaban J connectivity index is 2.13. The molecule has 1 N–H and O–H groups in total. The third-order valence-electron chi connectivity index (χ3n) is 4.64. The van der Waals surface area contributed by atoms with Gasteiger partial charge in [-0.3, -0.25) is 0 Å². The van der Waals surface area contributed by atoms with Crippen LogP contribution in [-0.4, -0.2) is 20.1 Å². The lowest BCUT2D eigenvalue weighted by Crippen LogP contribution is -2.04. The van der Waals surface area contributed by atoms with E-state index in [1.165, 1.54) is 5.56 Å². The fourth-order valence-electron chi connectivity index (χ4n) is 2.94. The zero-order valence-electron chi connectivity index (χ0n) is 14.7. The van der Waals surface area contributed by atoms with Crippen molar-refractivity contribution in [2.45, 2.75) is 52.4 Å². The van der Waals surface area contributed by atoms with Crippen molar-refractivity contribution in [3.63, 3.8) is 0 Å². The smallest absolute Gasteiger partial charge is 0.146 e. The van der Waals surface area contributed by atoms with Crippen molar-refractivity contribution < 1.29 is 5.11 Å². The highest BCUT2D eigenvalue weighted by Crippen LogP contribution is 2.34. The number of aromatic nitrogens is 3. The molecule has 24 heavy (non-hydrogen) atoms. The molecule has 0 saturated carbocycles. The number of aromatic hydroxyl groups is 1. The minimum Gasteiger partial charge on any atom is -0.505 e. The number of hydrogen-bond donors (Lipinski definition) is 1. The highest BCUT2D eigenvalue weighted by Gasteiger charge is 2.17. The van der Waals surface area contributed by atoms with Gasteiger partial charge in [-0.2, -0.15) is 0 Å². The molecule has 0 aliphatic carbocycles. The van der Waals surface area contributed by atoms with E-state index in [1.54, 1.807) is 4.80 Å². The summed E-state index contributed by atoms with van der Waals surface area (Å²) in [7, 11) is 0. The maximum Gasteiger partial charge on any atom is 0.146 e. The standard InChI is InChI=1S/C20H25N3O/c1-4-6-9-15-12-16(14(3)5-2)20(24)19(13-15)23-21-17-10-7-8-11-18(17)22-23/h7-8,10-14,24H,4-6,9H2,1-3H3. The molecular formula is C20H25N3O. The Morgan fingerprint density at radius 3 is 2.33 bits per heavy atom. The van der Waals surface area contributed by atoms with Crippen LogP contribution in [0.4, 0.5) is 0 Å². The Morgan fingerprint density at radius 1 is 1.08 bits per heavy atom. The van der Waals surface area contributed by atoms with Crippen LogP contribution in [0.3, 0.4) is 0 Å². The van der Waals surface area contributed by atoms with E-state index < -0.39 is 0 Å². The van der Waals surface area contributed by atoms with Gasteiger partial charge in [0.2, 0.25) is 0 Å². The van der Waals surface area contributed by atoms with Gasteiger partial charge >= 0.3 is 0 Å². The summed E-state index contributed by atoms with van der Waals surface area (Å²) in [6.07, 6.45) is 4.28. The fraction of sp³-hybridized carbons (Fsp3) is 0.400. The molecule has 4 nitrogen and oxygen atoms in total. The zero-order valence-corrected chi connectivity index (χ0v) is 14.7. The highest BCUT2D eigenvalue weighted by molar-refractivity contribution is 5.73. The molecule has 1 heterocycles. The van der Waals surface area contributed by atoms with Crippen molar-refractivity contribution in [3.05, 3.63) is 47.5 Å². The van der Waals surface area contributed by atoms with Gasteiger partial charge in [-0.05, 0) is 54.5 Å². The zero-order chi connectivity index (χ0) is 17.1. The van der Waals surface area contributed by atoms with Crippen LogP contribution in [-0.2, 0) is 6.42 Å². The molecule has 0 saturated heterocycles. The average Bonchev–Trinajstić information content (AvgIpc) is 3.04. The predicted molar refractivity (Wildman–Crippen MR) is 97.8 cm³/mol. The van der Waals surface area contributed by atoms with Gasteiger partial charge < -0.3 is 5.11 Å². The third-order valence-corrected chi connectivity index (χ3v) is 4.64. The van der Waals surface area contributed by atoms with Gasteiger partial charge in [-0.1, -0.05) is 45.4 Å². The van der Waals surface area contributed by atoms with Gasteiger partial charge in [-0.25, -0.2) is 0 Å². The van der Waals surface area contributed by atoms with Crippen LogP contribution in [0.15, 0.2) is 36.4 Å². The van der Waals surface area contributed by atoms with Gasteiger partial charge in [0.25, 0.3) is 0 Å². The Bertz CT molecular complexity index is 805. The molecule has 0 aliphatic heterocycles. The summed E-state index contributed by atoms with van der Waals surface area (Å²) < 4.78 is 0. The lowest BCUT2D eigenvalue weighted by atomic mass is 9.93. The van der Waals surface area contributed by atoms with Crippen LogP contribution in [0, 0.1) is 0 Å². The molecule has 0 amide bonds. The van der Waals surface area contributed by atoms with Crippen molar-refractivity contribution in [3.8, 4) is 11.4 Å². The number of hydrogen-bond acceptors (Lipinski definition) is 3. The molecule has 0 aliphatic rings. The third kappa shape index (κ3) is 3.14. The summed E-state index contributed by atoms with van der Waals surface area (Å²) in [6, 6.07) is 11.9. The van der Waals surface area contributed by atoms with Crippen molar-refractivity contribution in [1.82, 2.24) is 15.0 Å². The monoisotopic (exact) mass is 323 g/mol. The first-order valence-electron chi connectivity index (χ1n) is 8.82. The van der Waals surface area contributed by atoms with Crippen LogP contribution in [0.1, 0.15) is 57.1 Å². The largest absolute Gasteiger partial charge is 0.505 e. The minimum atomic E-state index is 0.296. The molecule has 1 atom stereocenters. The number of nitrogens with zero attached hydrogens (tertiary/aromatic N) is 3. The van der Waals surface area contributed by atoms with E-state index in [1.807, 2.05) is 30.3 Å². The van der Waals surface area contributed by atoms with E-state index >= 15 is 0 Å². The van der Waals surface area contributed by atoms with Gasteiger partial charge in [0.05, 0.1) is 0 Å². The topological polar surface area (TPSA) is 50.9 Å². The van der Waals surface area contributed by atoms with E-state index in [0.717, 1.165) is 42.3 Å². The second-order valence-corrected chi connectivity index (χ2v) is 6.44. The highest BCUT2D eigenvalue weighted by atomic mass is 16.3. The lowest BCUT2D eigenvalue weighted by molar-refractivity contribution is 0.454. The molecule has 1 aromatic heterocycles. The number of benzene rings is 2. The number of phenolic OH excluding ortho intramolecular Hbond substituents is 1. The summed E-state index contributed by atoms with van der Waals surface area (Å²) in [5.41, 5.74) is 4.57. The molecule has 4 heteroatoms. The molecule has 0 radical (unpaired) electrons. The number of aryl methyl sites for hydroxylation is 1. The predicted octanol–water partition coefficient (Wildman–Crippen LogP) is 4.98. The van der Waals surface area contributed by atoms with Crippen molar-refractivity contribution >= 4 is 11.0 Å². The molecule has 0 fully saturated rings. The van der Waals surface area contributed by atoms with E-state index in [0.29, 0.717) is 17.4 Å². The number of phenols is 1. The molecule has 3 aromatic rings. The minimum absolute atomic E-state index is 0.296. The number of rotatable bonds is 6. The molecule has 3 rings (SSSR count). The van der Waals surface area contributed by atoms with Crippen LogP contribution in [0.5, 0.6) is 5.75 Å². The first-order valence-corrected chi connectivity index (χ1v) is 8.82. The van der Waals surface area contributed by atoms with Gasteiger partial charge in [0.15, 0.2) is 0 Å². The van der Waals surface area contributed by atoms with Crippen LogP contribution in [0.25, 0.3) is 16.7 Å². The Morgan fingerprint density at radius 2 is 1.75 bits per heavy atom. The summed E-state index contributed by atoms with van der Waals surface area (Å²) in [6.45, 7) is 6.48. The van der Waals surface area contributed by atoms with E-state index in [-0.39, 0.29) is 0 Å².